The lowest BCUT2D eigenvalue weighted by Crippen LogP contribution is -2.43. The van der Waals surface area contributed by atoms with Crippen molar-refractivity contribution in [3.05, 3.63) is 52.7 Å². The third kappa shape index (κ3) is 2.76. The molecule has 0 spiro atoms. The molecule has 2 aromatic heterocycles. The molecule has 0 radical (unpaired) electrons. The van der Waals surface area contributed by atoms with Gasteiger partial charge >= 0.3 is 0 Å². The molecular weight excluding hydrogens is 338 g/mol. The number of pyridine rings is 1. The van der Waals surface area contributed by atoms with E-state index in [-0.39, 0.29) is 11.4 Å². The van der Waals surface area contributed by atoms with Crippen molar-refractivity contribution in [3.8, 4) is 0 Å². The molecule has 25 heavy (non-hydrogen) atoms. The molecule has 1 fully saturated rings. The molecule has 0 atom stereocenters. The number of nitrogens with zero attached hydrogens (tertiary/aromatic N) is 4. The highest BCUT2D eigenvalue weighted by molar-refractivity contribution is 6.30. The monoisotopic (exact) mass is 355 g/mol. The average Bonchev–Trinajstić information content (AvgIpc) is 3.23. The number of aromatic nitrogens is 4. The van der Waals surface area contributed by atoms with Gasteiger partial charge in [0.2, 0.25) is 0 Å². The Morgan fingerprint density at radius 2 is 2.08 bits per heavy atom. The minimum atomic E-state index is -0.389. The first-order valence-electron chi connectivity index (χ1n) is 8.32. The van der Waals surface area contributed by atoms with E-state index in [1.54, 1.807) is 24.0 Å². The van der Waals surface area contributed by atoms with Crippen LogP contribution in [0.3, 0.4) is 0 Å². The summed E-state index contributed by atoms with van der Waals surface area (Å²) in [7, 11) is 1.76. The van der Waals surface area contributed by atoms with E-state index in [2.05, 4.69) is 20.6 Å². The van der Waals surface area contributed by atoms with Crippen LogP contribution in [0.25, 0.3) is 11.2 Å². The van der Waals surface area contributed by atoms with Crippen LogP contribution in [0.1, 0.15) is 41.6 Å². The van der Waals surface area contributed by atoms with Crippen LogP contribution in [0.15, 0.2) is 36.5 Å². The Labute approximate surface area is 150 Å². The van der Waals surface area contributed by atoms with Gasteiger partial charge in [0.15, 0.2) is 5.65 Å². The fourth-order valence-electron chi connectivity index (χ4n) is 3.65. The van der Waals surface area contributed by atoms with Gasteiger partial charge in [-0.15, -0.1) is 5.10 Å². The van der Waals surface area contributed by atoms with E-state index < -0.39 is 0 Å². The molecule has 0 aliphatic heterocycles. The highest BCUT2D eigenvalue weighted by atomic mass is 35.5. The van der Waals surface area contributed by atoms with Crippen LogP contribution in [0.4, 0.5) is 0 Å². The molecule has 1 aliphatic rings. The molecule has 0 unspecified atom stereocenters. The maximum Gasteiger partial charge on any atom is 0.254 e. The van der Waals surface area contributed by atoms with Crippen molar-refractivity contribution < 1.29 is 4.79 Å². The summed E-state index contributed by atoms with van der Waals surface area (Å²) in [6, 6.07) is 9.44. The van der Waals surface area contributed by atoms with Crippen LogP contribution < -0.4 is 5.32 Å². The zero-order valence-corrected chi connectivity index (χ0v) is 14.6. The van der Waals surface area contributed by atoms with Crippen molar-refractivity contribution in [2.75, 3.05) is 0 Å². The predicted molar refractivity (Wildman–Crippen MR) is 95.4 cm³/mol. The minimum Gasteiger partial charge on any atom is -0.342 e. The molecule has 1 saturated carbocycles. The number of benzene rings is 1. The van der Waals surface area contributed by atoms with Crippen molar-refractivity contribution in [3.63, 3.8) is 0 Å². The van der Waals surface area contributed by atoms with Crippen LogP contribution >= 0.6 is 11.6 Å². The summed E-state index contributed by atoms with van der Waals surface area (Å²) >= 11 is 6.18. The van der Waals surface area contributed by atoms with Gasteiger partial charge in [-0.2, -0.15) is 0 Å². The lowest BCUT2D eigenvalue weighted by atomic mass is 9.87. The van der Waals surface area contributed by atoms with Gasteiger partial charge in [-0.3, -0.25) is 4.79 Å². The number of hydrogen-bond donors (Lipinski definition) is 1. The summed E-state index contributed by atoms with van der Waals surface area (Å²) in [6.07, 6.45) is 5.55. The lowest BCUT2D eigenvalue weighted by Gasteiger charge is -2.31. The Balaban J connectivity index is 1.72. The van der Waals surface area contributed by atoms with Gasteiger partial charge in [0.1, 0.15) is 5.52 Å². The standard InChI is InChI=1S/C18H18ClN5O/c1-24-16-15(22-23-24)14(7-10-20-16)17(25)21-18(8-2-3-9-18)12-5-4-6-13(19)11-12/h4-7,10-11H,2-3,8-9H2,1H3,(H,21,25). The minimum absolute atomic E-state index is 0.158. The zero-order chi connectivity index (χ0) is 17.4. The molecule has 2 heterocycles. The molecule has 1 aromatic carbocycles. The molecule has 1 amide bonds. The highest BCUT2D eigenvalue weighted by Crippen LogP contribution is 2.39. The zero-order valence-electron chi connectivity index (χ0n) is 13.9. The number of halogens is 1. The topological polar surface area (TPSA) is 72.7 Å². The Morgan fingerprint density at radius 1 is 1.28 bits per heavy atom. The molecule has 0 saturated heterocycles. The van der Waals surface area contributed by atoms with E-state index in [0.717, 1.165) is 31.2 Å². The SMILES string of the molecule is Cn1nnc2c(C(=O)NC3(c4cccc(Cl)c4)CCCC3)ccnc21. The molecule has 3 aromatic rings. The summed E-state index contributed by atoms with van der Waals surface area (Å²) in [5.41, 5.74) is 2.26. The number of aryl methyl sites for hydroxylation is 1. The molecule has 0 bridgehead atoms. The summed E-state index contributed by atoms with van der Waals surface area (Å²) in [4.78, 5) is 17.3. The summed E-state index contributed by atoms with van der Waals surface area (Å²) in [5, 5.41) is 12.0. The predicted octanol–water partition coefficient (Wildman–Crippen LogP) is 3.22. The quantitative estimate of drug-likeness (QED) is 0.783. The number of fused-ring (bicyclic) bond motifs is 1. The van der Waals surface area contributed by atoms with Gasteiger partial charge in [-0.25, -0.2) is 9.67 Å². The van der Waals surface area contributed by atoms with Crippen LogP contribution in [0.5, 0.6) is 0 Å². The number of carbonyl (C=O) groups excluding carboxylic acids is 1. The van der Waals surface area contributed by atoms with Gasteiger partial charge in [0.25, 0.3) is 5.91 Å². The fraction of sp³-hybridized carbons (Fsp3) is 0.333. The number of hydrogen-bond acceptors (Lipinski definition) is 4. The third-order valence-corrected chi connectivity index (χ3v) is 5.16. The summed E-state index contributed by atoms with van der Waals surface area (Å²) in [6.45, 7) is 0. The number of amides is 1. The molecule has 4 rings (SSSR count). The largest absolute Gasteiger partial charge is 0.342 e. The first kappa shape index (κ1) is 16.0. The Kier molecular flexibility index (Phi) is 3.92. The van der Waals surface area contributed by atoms with Gasteiger partial charge < -0.3 is 5.32 Å². The Bertz CT molecular complexity index is 946. The number of rotatable bonds is 3. The first-order chi connectivity index (χ1) is 12.1. The van der Waals surface area contributed by atoms with Crippen LogP contribution in [-0.4, -0.2) is 25.9 Å². The average molecular weight is 356 g/mol. The number of nitrogens with one attached hydrogen (secondary N) is 1. The molecule has 7 heteroatoms. The second-order valence-corrected chi connectivity index (χ2v) is 6.93. The second kappa shape index (κ2) is 6.11. The molecule has 1 N–H and O–H groups in total. The molecule has 1 aliphatic carbocycles. The van der Waals surface area contributed by atoms with Crippen LogP contribution in [-0.2, 0) is 12.6 Å². The summed E-state index contributed by atoms with van der Waals surface area (Å²) < 4.78 is 1.56. The molecule has 128 valence electrons. The van der Waals surface area contributed by atoms with Gasteiger partial charge in [0.05, 0.1) is 11.1 Å². The van der Waals surface area contributed by atoms with Gasteiger partial charge in [0, 0.05) is 18.3 Å². The van der Waals surface area contributed by atoms with Crippen molar-refractivity contribution in [2.24, 2.45) is 7.05 Å². The second-order valence-electron chi connectivity index (χ2n) is 6.50. The lowest BCUT2D eigenvalue weighted by molar-refractivity contribution is 0.0899. The fourth-order valence-corrected chi connectivity index (χ4v) is 3.84. The Hall–Kier alpha value is -2.47. The van der Waals surface area contributed by atoms with Crippen LogP contribution in [0.2, 0.25) is 5.02 Å². The van der Waals surface area contributed by atoms with Crippen LogP contribution in [0, 0.1) is 0 Å². The third-order valence-electron chi connectivity index (χ3n) is 4.92. The highest BCUT2D eigenvalue weighted by Gasteiger charge is 2.37. The smallest absolute Gasteiger partial charge is 0.254 e. The first-order valence-corrected chi connectivity index (χ1v) is 8.70. The number of carbonyl (C=O) groups is 1. The van der Waals surface area contributed by atoms with Crippen molar-refractivity contribution >= 4 is 28.7 Å². The van der Waals surface area contributed by atoms with E-state index in [1.165, 1.54) is 0 Å². The normalized spacial score (nSPS) is 16.2. The van der Waals surface area contributed by atoms with E-state index >= 15 is 0 Å². The van der Waals surface area contributed by atoms with E-state index in [0.29, 0.717) is 21.7 Å². The maximum atomic E-state index is 13.0. The van der Waals surface area contributed by atoms with Crippen molar-refractivity contribution in [2.45, 2.75) is 31.2 Å². The van der Waals surface area contributed by atoms with Crippen molar-refractivity contribution in [1.29, 1.82) is 0 Å². The van der Waals surface area contributed by atoms with E-state index in [1.807, 2.05) is 24.3 Å². The van der Waals surface area contributed by atoms with Gasteiger partial charge in [-0.1, -0.05) is 41.8 Å². The van der Waals surface area contributed by atoms with E-state index in [9.17, 15) is 4.79 Å². The maximum absolute atomic E-state index is 13.0. The molecular formula is C18H18ClN5O. The van der Waals surface area contributed by atoms with Gasteiger partial charge in [-0.05, 0) is 36.6 Å². The Morgan fingerprint density at radius 3 is 2.84 bits per heavy atom. The summed E-state index contributed by atoms with van der Waals surface area (Å²) in [5.74, 6) is -0.158. The molecule has 6 nitrogen and oxygen atoms in total. The van der Waals surface area contributed by atoms with E-state index in [4.69, 9.17) is 11.6 Å². The van der Waals surface area contributed by atoms with Crippen molar-refractivity contribution in [1.82, 2.24) is 25.3 Å².